The molecule has 0 aliphatic heterocycles. The van der Waals surface area contributed by atoms with Gasteiger partial charge in [0.1, 0.15) is 21.8 Å². The number of carbonyl (C=O) groups excluding carboxylic acids is 2. The largest absolute Gasteiger partial charge is 0.417 e. The molecule has 13 heteroatoms. The van der Waals surface area contributed by atoms with Crippen molar-refractivity contribution in [1.82, 2.24) is 0 Å². The lowest BCUT2D eigenvalue weighted by molar-refractivity contribution is -0.140. The van der Waals surface area contributed by atoms with E-state index in [9.17, 15) is 40.7 Å². The van der Waals surface area contributed by atoms with E-state index in [0.29, 0.717) is 17.4 Å². The monoisotopic (exact) mass is 440 g/mol. The molecule has 3 N–H and O–H groups in total. The topological polar surface area (TPSA) is 118 Å². The summed E-state index contributed by atoms with van der Waals surface area (Å²) < 4.78 is 79.1. The van der Waals surface area contributed by atoms with Crippen LogP contribution in [-0.2, 0) is 21.0 Å². The van der Waals surface area contributed by atoms with Crippen LogP contribution in [0.25, 0.3) is 0 Å². The van der Waals surface area contributed by atoms with Gasteiger partial charge >= 0.3 is 6.18 Å². The third-order valence-corrected chi connectivity index (χ3v) is 6.17. The highest BCUT2D eigenvalue weighted by molar-refractivity contribution is 7.93. The van der Waals surface area contributed by atoms with Gasteiger partial charge < -0.3 is 10.8 Å². The first-order valence-corrected chi connectivity index (χ1v) is 9.61. The van der Waals surface area contributed by atoms with Gasteiger partial charge in [0.2, 0.25) is 0 Å². The lowest BCUT2D eigenvalue weighted by atomic mass is 10.2. The number of alkyl halides is 3. The number of hydrogen-bond donors (Lipinski definition) is 2. The molecule has 0 fully saturated rings. The molecule has 2 amide bonds. The number of rotatable bonds is 5. The third kappa shape index (κ3) is 4.00. The quantitative estimate of drug-likeness (QED) is 0.691. The second kappa shape index (κ2) is 7.48. The molecule has 0 saturated carbocycles. The molecule has 1 unspecified atom stereocenters. The van der Waals surface area contributed by atoms with Crippen LogP contribution >= 0.6 is 11.3 Å². The number of nitrogens with zero attached hydrogens (tertiary/aromatic N) is 1. The van der Waals surface area contributed by atoms with E-state index in [-0.39, 0.29) is 16.4 Å². The zero-order chi connectivity index (χ0) is 21.4. The number of carbonyl (C=O) groups is 2. The Morgan fingerprint density at radius 1 is 1.25 bits per heavy atom. The molecular weight excluding hydrogens is 428 g/mol. The predicted molar refractivity (Wildman–Crippen MR) is 90.6 cm³/mol. The van der Waals surface area contributed by atoms with Gasteiger partial charge in [-0.2, -0.15) is 17.5 Å². The van der Waals surface area contributed by atoms with Crippen molar-refractivity contribution < 1.29 is 40.7 Å². The number of anilines is 1. The average molecular weight is 440 g/mol. The van der Waals surface area contributed by atoms with Crippen LogP contribution in [0.4, 0.5) is 22.6 Å². The van der Waals surface area contributed by atoms with Crippen molar-refractivity contribution in [3.8, 4) is 0 Å². The van der Waals surface area contributed by atoms with Gasteiger partial charge in [-0.05, 0) is 36.6 Å². The standard InChI is InChI=1S/C15H12F4N2O5S2/c1-7(22)13(24)21(14-9(12(20)23)4-5-27-14)28(25,26)11-6-8(16)2-3-10(11)15(17,18)19/h2-7,22H,1H3,(H2,20,23). The van der Waals surface area contributed by atoms with Crippen LogP contribution in [0.2, 0.25) is 0 Å². The highest BCUT2D eigenvalue weighted by atomic mass is 32.2. The van der Waals surface area contributed by atoms with Crippen molar-refractivity contribution >= 4 is 38.2 Å². The van der Waals surface area contributed by atoms with E-state index in [1.165, 1.54) is 5.38 Å². The summed E-state index contributed by atoms with van der Waals surface area (Å²) in [4.78, 5) is 22.3. The van der Waals surface area contributed by atoms with Gasteiger partial charge in [0.25, 0.3) is 21.8 Å². The lowest BCUT2D eigenvalue weighted by Crippen LogP contribution is -2.43. The van der Waals surface area contributed by atoms with Crippen molar-refractivity contribution in [2.45, 2.75) is 24.1 Å². The number of amides is 2. The summed E-state index contributed by atoms with van der Waals surface area (Å²) in [6.45, 7) is 0.874. The van der Waals surface area contributed by atoms with E-state index in [1.54, 1.807) is 0 Å². The Balaban J connectivity index is 2.84. The van der Waals surface area contributed by atoms with Gasteiger partial charge in [-0.1, -0.05) is 0 Å². The molecule has 1 aromatic carbocycles. The summed E-state index contributed by atoms with van der Waals surface area (Å²) in [5.74, 6) is -4.02. The first-order valence-electron chi connectivity index (χ1n) is 7.29. The van der Waals surface area contributed by atoms with E-state index in [4.69, 9.17) is 5.73 Å². The summed E-state index contributed by atoms with van der Waals surface area (Å²) >= 11 is 0.510. The zero-order valence-corrected chi connectivity index (χ0v) is 15.5. The maximum atomic E-state index is 13.6. The molecule has 0 saturated heterocycles. The Bertz CT molecular complexity index is 1030. The molecule has 28 heavy (non-hydrogen) atoms. The van der Waals surface area contributed by atoms with Crippen LogP contribution in [0.5, 0.6) is 0 Å². The number of hydrogen-bond acceptors (Lipinski definition) is 6. The van der Waals surface area contributed by atoms with Crippen LogP contribution in [0.1, 0.15) is 22.8 Å². The fourth-order valence-electron chi connectivity index (χ4n) is 2.19. The normalized spacial score (nSPS) is 13.2. The van der Waals surface area contributed by atoms with Gasteiger partial charge in [0.05, 0.1) is 11.1 Å². The van der Waals surface area contributed by atoms with Gasteiger partial charge in [0, 0.05) is 0 Å². The molecule has 0 radical (unpaired) electrons. The fraction of sp³-hybridized carbons (Fsp3) is 0.200. The molecule has 2 aromatic rings. The average Bonchev–Trinajstić information content (AvgIpc) is 3.02. The number of primary amides is 1. The van der Waals surface area contributed by atoms with Crippen LogP contribution in [-0.4, -0.2) is 31.4 Å². The number of nitrogens with two attached hydrogens (primary N) is 1. The molecule has 7 nitrogen and oxygen atoms in total. The number of halogens is 4. The second-order valence-corrected chi connectivity index (χ2v) is 8.08. The van der Waals surface area contributed by atoms with Crippen molar-refractivity contribution in [2.75, 3.05) is 4.31 Å². The van der Waals surface area contributed by atoms with Gasteiger partial charge in [-0.3, -0.25) is 9.59 Å². The minimum absolute atomic E-state index is 0.0953. The second-order valence-electron chi connectivity index (χ2n) is 5.43. The fourth-order valence-corrected chi connectivity index (χ4v) is 5.05. The molecule has 1 heterocycles. The maximum Gasteiger partial charge on any atom is 0.417 e. The highest BCUT2D eigenvalue weighted by Crippen LogP contribution is 2.39. The van der Waals surface area contributed by atoms with Crippen molar-refractivity contribution in [1.29, 1.82) is 0 Å². The Labute approximate surface area is 160 Å². The minimum Gasteiger partial charge on any atom is -0.384 e. The number of aliphatic hydroxyl groups excluding tert-OH is 1. The SMILES string of the molecule is CC(O)C(=O)N(c1sccc1C(N)=O)S(=O)(=O)c1cc(F)ccc1C(F)(F)F. The molecule has 0 aliphatic carbocycles. The smallest absolute Gasteiger partial charge is 0.384 e. The summed E-state index contributed by atoms with van der Waals surface area (Å²) in [6.07, 6.45) is -7.17. The number of thiophene rings is 1. The van der Waals surface area contributed by atoms with E-state index in [1.807, 2.05) is 0 Å². The van der Waals surface area contributed by atoms with E-state index < -0.39 is 61.0 Å². The Hall–Kier alpha value is -2.51. The lowest BCUT2D eigenvalue weighted by Gasteiger charge is -2.24. The van der Waals surface area contributed by atoms with Crippen LogP contribution in [0, 0.1) is 5.82 Å². The Kier molecular flexibility index (Phi) is 5.82. The maximum absolute atomic E-state index is 13.6. The van der Waals surface area contributed by atoms with Crippen molar-refractivity contribution in [3.63, 3.8) is 0 Å². The minimum atomic E-state index is -5.39. The number of aliphatic hydroxyl groups is 1. The first kappa shape index (κ1) is 21.8. The van der Waals surface area contributed by atoms with Crippen molar-refractivity contribution in [2.24, 2.45) is 5.73 Å². The molecular formula is C15H12F4N2O5S2. The molecule has 0 spiro atoms. The molecule has 0 bridgehead atoms. The summed E-state index contributed by atoms with van der Waals surface area (Å²) in [6, 6.07) is 1.76. The zero-order valence-electron chi connectivity index (χ0n) is 13.9. The Morgan fingerprint density at radius 2 is 1.86 bits per heavy atom. The Morgan fingerprint density at radius 3 is 2.36 bits per heavy atom. The molecule has 1 aromatic heterocycles. The number of sulfonamides is 1. The van der Waals surface area contributed by atoms with E-state index >= 15 is 0 Å². The molecule has 0 aliphatic rings. The molecule has 2 rings (SSSR count). The van der Waals surface area contributed by atoms with Gasteiger partial charge in [-0.15, -0.1) is 11.3 Å². The number of benzene rings is 1. The van der Waals surface area contributed by atoms with E-state index in [2.05, 4.69) is 0 Å². The first-order chi connectivity index (χ1) is 12.8. The third-order valence-electron chi connectivity index (χ3n) is 3.42. The van der Waals surface area contributed by atoms with Crippen LogP contribution in [0.3, 0.4) is 0 Å². The summed E-state index contributed by atoms with van der Waals surface area (Å²) in [5, 5.41) is 10.1. The predicted octanol–water partition coefficient (Wildman–Crippen LogP) is 2.11. The highest BCUT2D eigenvalue weighted by Gasteiger charge is 2.43. The van der Waals surface area contributed by atoms with Crippen LogP contribution < -0.4 is 10.0 Å². The van der Waals surface area contributed by atoms with Crippen LogP contribution in [0.15, 0.2) is 34.5 Å². The molecule has 152 valence electrons. The molecule has 1 atom stereocenters. The summed E-state index contributed by atoms with van der Waals surface area (Å²) in [7, 11) is -5.39. The van der Waals surface area contributed by atoms with Crippen molar-refractivity contribution in [3.05, 3.63) is 46.6 Å². The van der Waals surface area contributed by atoms with E-state index in [0.717, 1.165) is 13.0 Å². The van der Waals surface area contributed by atoms with Gasteiger partial charge in [0.15, 0.2) is 0 Å². The summed E-state index contributed by atoms with van der Waals surface area (Å²) in [5.41, 5.74) is 2.90. The van der Waals surface area contributed by atoms with Gasteiger partial charge in [-0.25, -0.2) is 12.8 Å².